The minimum atomic E-state index is -0.254. The molecule has 3 aromatic rings. The summed E-state index contributed by atoms with van der Waals surface area (Å²) in [5.41, 5.74) is 1.87. The van der Waals surface area contributed by atoms with Crippen molar-refractivity contribution in [1.82, 2.24) is 9.78 Å². The van der Waals surface area contributed by atoms with E-state index in [1.807, 2.05) is 36.0 Å². The van der Waals surface area contributed by atoms with E-state index in [0.717, 1.165) is 35.2 Å². The Balaban J connectivity index is 1.91. The summed E-state index contributed by atoms with van der Waals surface area (Å²) >= 11 is 0. The normalized spacial score (nSPS) is 11.0. The molecule has 1 aromatic heterocycles. The van der Waals surface area contributed by atoms with Gasteiger partial charge in [0, 0.05) is 11.9 Å². The van der Waals surface area contributed by atoms with E-state index in [4.69, 9.17) is 4.74 Å². The molecule has 3 nitrogen and oxygen atoms in total. The van der Waals surface area contributed by atoms with E-state index in [0.29, 0.717) is 5.75 Å². The summed E-state index contributed by atoms with van der Waals surface area (Å²) in [6.45, 7) is 4.86. The zero-order valence-corrected chi connectivity index (χ0v) is 12.1. The van der Waals surface area contributed by atoms with Crippen LogP contribution in [0.15, 0.2) is 42.6 Å². The molecule has 3 rings (SSSR count). The van der Waals surface area contributed by atoms with Crippen LogP contribution in [0.2, 0.25) is 0 Å². The molecule has 2 aromatic carbocycles. The summed E-state index contributed by atoms with van der Waals surface area (Å²) in [6, 6.07) is 10.4. The van der Waals surface area contributed by atoms with Gasteiger partial charge in [-0.05, 0) is 55.3 Å². The molecule has 0 aliphatic carbocycles. The van der Waals surface area contributed by atoms with Crippen LogP contribution in [0.5, 0.6) is 11.5 Å². The molecule has 0 aliphatic rings. The largest absolute Gasteiger partial charge is 0.457 e. The second-order valence-corrected chi connectivity index (χ2v) is 5.10. The Morgan fingerprint density at radius 1 is 1.19 bits per heavy atom. The summed E-state index contributed by atoms with van der Waals surface area (Å²) in [6.07, 6.45) is 2.89. The van der Waals surface area contributed by atoms with E-state index in [2.05, 4.69) is 12.0 Å². The Bertz CT molecular complexity index is 780. The highest BCUT2D eigenvalue weighted by atomic mass is 19.1. The average molecular weight is 284 g/mol. The van der Waals surface area contributed by atoms with E-state index in [1.165, 1.54) is 12.1 Å². The Labute approximate surface area is 123 Å². The van der Waals surface area contributed by atoms with Crippen molar-refractivity contribution in [3.05, 3.63) is 54.0 Å². The Kier molecular flexibility index (Phi) is 3.60. The Morgan fingerprint density at radius 2 is 2.05 bits per heavy atom. The van der Waals surface area contributed by atoms with Crippen molar-refractivity contribution in [3.8, 4) is 11.5 Å². The van der Waals surface area contributed by atoms with Gasteiger partial charge in [0.05, 0.1) is 11.7 Å². The van der Waals surface area contributed by atoms with Gasteiger partial charge >= 0.3 is 0 Å². The van der Waals surface area contributed by atoms with Crippen LogP contribution in [0, 0.1) is 12.7 Å². The van der Waals surface area contributed by atoms with E-state index < -0.39 is 0 Å². The van der Waals surface area contributed by atoms with E-state index >= 15 is 0 Å². The maximum Gasteiger partial charge on any atom is 0.130 e. The molecule has 0 aliphatic heterocycles. The van der Waals surface area contributed by atoms with Gasteiger partial charge in [0.15, 0.2) is 0 Å². The van der Waals surface area contributed by atoms with E-state index in [-0.39, 0.29) is 5.82 Å². The molecule has 0 atom stereocenters. The number of nitrogens with zero attached hydrogens (tertiary/aromatic N) is 2. The fraction of sp³-hybridized carbons (Fsp3) is 0.235. The minimum absolute atomic E-state index is 0.254. The fourth-order valence-electron chi connectivity index (χ4n) is 2.37. The maximum atomic E-state index is 13.1. The molecule has 0 fully saturated rings. The molecule has 0 spiro atoms. The summed E-state index contributed by atoms with van der Waals surface area (Å²) in [5.74, 6) is 1.14. The van der Waals surface area contributed by atoms with Crippen molar-refractivity contribution in [3.63, 3.8) is 0 Å². The first-order valence-electron chi connectivity index (χ1n) is 7.07. The second-order valence-electron chi connectivity index (χ2n) is 5.10. The molecule has 0 saturated heterocycles. The monoisotopic (exact) mass is 284 g/mol. The number of ether oxygens (including phenoxy) is 1. The number of hydrogen-bond acceptors (Lipinski definition) is 2. The third-order valence-corrected chi connectivity index (χ3v) is 3.41. The smallest absolute Gasteiger partial charge is 0.130 e. The fourth-order valence-corrected chi connectivity index (χ4v) is 2.37. The van der Waals surface area contributed by atoms with Crippen LogP contribution in [-0.2, 0) is 6.54 Å². The lowest BCUT2D eigenvalue weighted by Crippen LogP contribution is -1.97. The van der Waals surface area contributed by atoms with Crippen molar-refractivity contribution in [2.24, 2.45) is 0 Å². The van der Waals surface area contributed by atoms with Crippen LogP contribution >= 0.6 is 0 Å². The first-order valence-corrected chi connectivity index (χ1v) is 7.07. The summed E-state index contributed by atoms with van der Waals surface area (Å²) < 4.78 is 20.9. The van der Waals surface area contributed by atoms with Crippen molar-refractivity contribution in [1.29, 1.82) is 0 Å². The third-order valence-electron chi connectivity index (χ3n) is 3.41. The van der Waals surface area contributed by atoms with Crippen LogP contribution < -0.4 is 4.74 Å². The van der Waals surface area contributed by atoms with Gasteiger partial charge in [0.25, 0.3) is 0 Å². The highest BCUT2D eigenvalue weighted by Crippen LogP contribution is 2.28. The van der Waals surface area contributed by atoms with Gasteiger partial charge in [-0.25, -0.2) is 4.39 Å². The quantitative estimate of drug-likeness (QED) is 0.695. The lowest BCUT2D eigenvalue weighted by Gasteiger charge is -2.09. The molecule has 0 unspecified atom stereocenters. The van der Waals surface area contributed by atoms with E-state index in [1.54, 1.807) is 6.07 Å². The molecule has 108 valence electrons. The van der Waals surface area contributed by atoms with Crippen LogP contribution in [0.25, 0.3) is 10.9 Å². The van der Waals surface area contributed by atoms with Crippen molar-refractivity contribution in [2.45, 2.75) is 26.8 Å². The zero-order chi connectivity index (χ0) is 14.8. The molecule has 4 heteroatoms. The predicted octanol–water partition coefficient (Wildman–Crippen LogP) is 4.69. The van der Waals surface area contributed by atoms with Gasteiger partial charge in [-0.1, -0.05) is 6.92 Å². The van der Waals surface area contributed by atoms with E-state index in [9.17, 15) is 4.39 Å². The second kappa shape index (κ2) is 5.56. The first kappa shape index (κ1) is 13.6. The summed E-state index contributed by atoms with van der Waals surface area (Å²) in [5, 5.41) is 5.42. The van der Waals surface area contributed by atoms with Crippen molar-refractivity contribution in [2.75, 3.05) is 0 Å². The lowest BCUT2D eigenvalue weighted by atomic mass is 10.2. The highest BCUT2D eigenvalue weighted by Gasteiger charge is 2.06. The van der Waals surface area contributed by atoms with Crippen LogP contribution in [-0.4, -0.2) is 9.78 Å². The van der Waals surface area contributed by atoms with Crippen LogP contribution in [0.1, 0.15) is 18.9 Å². The molecular formula is C17H17FN2O. The number of fused-ring (bicyclic) bond motifs is 1. The molecule has 1 heterocycles. The van der Waals surface area contributed by atoms with Gasteiger partial charge in [0.1, 0.15) is 17.3 Å². The molecule has 21 heavy (non-hydrogen) atoms. The van der Waals surface area contributed by atoms with Crippen LogP contribution in [0.3, 0.4) is 0 Å². The van der Waals surface area contributed by atoms with Crippen molar-refractivity contribution < 1.29 is 9.13 Å². The first-order chi connectivity index (χ1) is 10.2. The molecule has 0 radical (unpaired) electrons. The Morgan fingerprint density at radius 3 is 2.81 bits per heavy atom. The maximum absolute atomic E-state index is 13.1. The van der Waals surface area contributed by atoms with Crippen LogP contribution in [0.4, 0.5) is 4.39 Å². The number of hydrogen-bond donors (Lipinski definition) is 0. The number of rotatable bonds is 4. The van der Waals surface area contributed by atoms with Gasteiger partial charge in [-0.2, -0.15) is 5.10 Å². The SMILES string of the molecule is CCCn1ncc2cc(Oc3ccc(F)cc3C)ccc21. The Hall–Kier alpha value is -2.36. The number of halogens is 1. The molecule has 0 bridgehead atoms. The molecular weight excluding hydrogens is 267 g/mol. The molecule has 0 amide bonds. The standard InChI is InChI=1S/C17H17FN2O/c1-3-8-20-16-6-5-15(10-13(16)11-19-20)21-17-7-4-14(18)9-12(17)2/h4-7,9-11H,3,8H2,1-2H3. The summed E-state index contributed by atoms with van der Waals surface area (Å²) in [4.78, 5) is 0. The topological polar surface area (TPSA) is 27.1 Å². The summed E-state index contributed by atoms with van der Waals surface area (Å²) in [7, 11) is 0. The number of aryl methyl sites for hydroxylation is 2. The molecule has 0 saturated carbocycles. The zero-order valence-electron chi connectivity index (χ0n) is 12.1. The van der Waals surface area contributed by atoms with Gasteiger partial charge < -0.3 is 4.74 Å². The number of aromatic nitrogens is 2. The third kappa shape index (κ3) is 2.75. The van der Waals surface area contributed by atoms with Crippen molar-refractivity contribution >= 4 is 10.9 Å². The average Bonchev–Trinajstić information content (AvgIpc) is 2.85. The number of benzene rings is 2. The minimum Gasteiger partial charge on any atom is -0.457 e. The molecule has 0 N–H and O–H groups in total. The van der Waals surface area contributed by atoms with Gasteiger partial charge in [-0.15, -0.1) is 0 Å². The van der Waals surface area contributed by atoms with Gasteiger partial charge in [-0.3, -0.25) is 4.68 Å². The lowest BCUT2D eigenvalue weighted by molar-refractivity contribution is 0.477. The predicted molar refractivity (Wildman–Crippen MR) is 81.2 cm³/mol. The highest BCUT2D eigenvalue weighted by molar-refractivity contribution is 5.80. The van der Waals surface area contributed by atoms with Gasteiger partial charge in [0.2, 0.25) is 0 Å².